The number of carbonyl (C=O) groups is 2. The first kappa shape index (κ1) is 13.3. The van der Waals surface area contributed by atoms with Gasteiger partial charge >= 0.3 is 6.03 Å². The van der Waals surface area contributed by atoms with Crippen LogP contribution < -0.4 is 11.1 Å². The lowest BCUT2D eigenvalue weighted by Gasteiger charge is -2.30. The maximum absolute atomic E-state index is 12.3. The number of fused-ring (bicyclic) bond motifs is 1. The summed E-state index contributed by atoms with van der Waals surface area (Å²) in [6, 6.07) is 0.657. The number of urea groups is 1. The normalized spacial score (nSPS) is 20.2. The van der Waals surface area contributed by atoms with Crippen LogP contribution in [0.15, 0.2) is 18.5 Å². The highest BCUT2D eigenvalue weighted by Crippen LogP contribution is 2.26. The summed E-state index contributed by atoms with van der Waals surface area (Å²) < 4.78 is 0. The summed E-state index contributed by atoms with van der Waals surface area (Å²) in [6.07, 6.45) is 4.01. The van der Waals surface area contributed by atoms with E-state index < -0.39 is 12.1 Å². The molecular formula is C13H18N4O2. The molecule has 0 radical (unpaired) electrons. The van der Waals surface area contributed by atoms with Crippen molar-refractivity contribution < 1.29 is 9.59 Å². The van der Waals surface area contributed by atoms with E-state index in [2.05, 4.69) is 10.3 Å². The minimum atomic E-state index is -0.579. The van der Waals surface area contributed by atoms with E-state index in [4.69, 9.17) is 5.73 Å². The van der Waals surface area contributed by atoms with Crippen LogP contribution in [0.5, 0.6) is 0 Å². The van der Waals surface area contributed by atoms with Crippen molar-refractivity contribution in [1.29, 1.82) is 0 Å². The molecular weight excluding hydrogens is 244 g/mol. The van der Waals surface area contributed by atoms with Crippen LogP contribution >= 0.6 is 0 Å². The predicted octanol–water partition coefficient (Wildman–Crippen LogP) is 1.33. The highest BCUT2D eigenvalue weighted by Gasteiger charge is 2.35. The first-order valence-electron chi connectivity index (χ1n) is 6.34. The van der Waals surface area contributed by atoms with Crippen LogP contribution in [0.4, 0.5) is 10.5 Å². The number of nitrogens with two attached hydrogens (primary N) is 1. The van der Waals surface area contributed by atoms with Crippen molar-refractivity contribution in [3.8, 4) is 0 Å². The van der Waals surface area contributed by atoms with Crippen LogP contribution in [0.1, 0.15) is 25.8 Å². The zero-order valence-electron chi connectivity index (χ0n) is 11.1. The molecule has 102 valence electrons. The molecule has 3 N–H and O–H groups in total. The summed E-state index contributed by atoms with van der Waals surface area (Å²) in [5.74, 6) is -0.172. The number of nitrogens with one attached hydrogen (secondary N) is 1. The van der Waals surface area contributed by atoms with Crippen LogP contribution in [-0.2, 0) is 11.3 Å². The molecule has 1 unspecified atom stereocenters. The third-order valence-electron chi connectivity index (χ3n) is 3.58. The Morgan fingerprint density at radius 3 is 3.05 bits per heavy atom. The van der Waals surface area contributed by atoms with Gasteiger partial charge in [0.25, 0.3) is 0 Å². The molecule has 1 aliphatic heterocycles. The molecule has 1 aromatic rings. The van der Waals surface area contributed by atoms with Gasteiger partial charge in [-0.1, -0.05) is 20.3 Å². The second-order valence-corrected chi connectivity index (χ2v) is 4.82. The van der Waals surface area contributed by atoms with Crippen molar-refractivity contribution in [2.24, 2.45) is 11.7 Å². The van der Waals surface area contributed by atoms with Crippen LogP contribution in [0.3, 0.4) is 0 Å². The zero-order valence-corrected chi connectivity index (χ0v) is 11.1. The maximum atomic E-state index is 12.3. The van der Waals surface area contributed by atoms with Crippen molar-refractivity contribution in [3.05, 3.63) is 24.0 Å². The molecule has 19 heavy (non-hydrogen) atoms. The Kier molecular flexibility index (Phi) is 3.69. The van der Waals surface area contributed by atoms with Crippen LogP contribution in [-0.4, -0.2) is 27.9 Å². The Hall–Kier alpha value is -2.11. The number of rotatable bonds is 2. The monoisotopic (exact) mass is 262 g/mol. The lowest BCUT2D eigenvalue weighted by Crippen LogP contribution is -2.50. The predicted molar refractivity (Wildman–Crippen MR) is 71.2 cm³/mol. The van der Waals surface area contributed by atoms with Crippen molar-refractivity contribution >= 4 is 17.6 Å². The number of hydrogen-bond donors (Lipinski definition) is 2. The van der Waals surface area contributed by atoms with Gasteiger partial charge in [0.05, 0.1) is 18.4 Å². The van der Waals surface area contributed by atoms with E-state index in [1.165, 1.54) is 4.90 Å². The number of nitrogens with zero attached hydrogens (tertiary/aromatic N) is 2. The summed E-state index contributed by atoms with van der Waals surface area (Å²) in [7, 11) is 0. The van der Waals surface area contributed by atoms with Gasteiger partial charge < -0.3 is 16.0 Å². The van der Waals surface area contributed by atoms with E-state index in [9.17, 15) is 9.59 Å². The number of anilines is 1. The van der Waals surface area contributed by atoms with Gasteiger partial charge in [0.1, 0.15) is 6.04 Å². The first-order chi connectivity index (χ1) is 9.04. The second kappa shape index (κ2) is 5.26. The fraction of sp³-hybridized carbons (Fsp3) is 0.462. The fourth-order valence-electron chi connectivity index (χ4n) is 2.31. The van der Waals surface area contributed by atoms with Gasteiger partial charge in [0, 0.05) is 6.20 Å². The topological polar surface area (TPSA) is 88.3 Å². The molecule has 0 aliphatic carbocycles. The van der Waals surface area contributed by atoms with Crippen molar-refractivity contribution in [2.75, 3.05) is 5.32 Å². The minimum Gasteiger partial charge on any atom is -0.351 e. The number of primary amides is 1. The van der Waals surface area contributed by atoms with E-state index in [-0.39, 0.29) is 11.8 Å². The Morgan fingerprint density at radius 1 is 1.68 bits per heavy atom. The third kappa shape index (κ3) is 2.52. The molecule has 0 bridgehead atoms. The molecule has 0 saturated carbocycles. The van der Waals surface area contributed by atoms with E-state index >= 15 is 0 Å². The van der Waals surface area contributed by atoms with Gasteiger partial charge in [-0.3, -0.25) is 9.78 Å². The molecule has 0 spiro atoms. The molecule has 6 heteroatoms. The average molecular weight is 262 g/mol. The van der Waals surface area contributed by atoms with Crippen molar-refractivity contribution in [2.45, 2.75) is 32.9 Å². The average Bonchev–Trinajstić information content (AvgIpc) is 2.53. The molecule has 0 aromatic carbocycles. The van der Waals surface area contributed by atoms with Gasteiger partial charge in [-0.25, -0.2) is 4.79 Å². The first-order valence-corrected chi connectivity index (χ1v) is 6.34. The smallest absolute Gasteiger partial charge is 0.315 e. The number of hydrogen-bond acceptors (Lipinski definition) is 3. The fourth-order valence-corrected chi connectivity index (χ4v) is 2.31. The Morgan fingerprint density at radius 2 is 2.42 bits per heavy atom. The number of pyridine rings is 1. The van der Waals surface area contributed by atoms with Gasteiger partial charge in [0.15, 0.2) is 0 Å². The number of aromatic nitrogens is 1. The van der Waals surface area contributed by atoms with E-state index in [0.29, 0.717) is 12.2 Å². The van der Waals surface area contributed by atoms with E-state index in [0.717, 1.165) is 12.0 Å². The molecule has 6 nitrogen and oxygen atoms in total. The van der Waals surface area contributed by atoms with Crippen LogP contribution in [0.25, 0.3) is 0 Å². The number of carbonyl (C=O) groups excluding carboxylic acids is 2. The van der Waals surface area contributed by atoms with Gasteiger partial charge in [-0.2, -0.15) is 0 Å². The summed E-state index contributed by atoms with van der Waals surface area (Å²) >= 11 is 0. The van der Waals surface area contributed by atoms with Crippen molar-refractivity contribution in [1.82, 2.24) is 9.88 Å². The molecule has 2 heterocycles. The Bertz CT molecular complexity index is 503. The second-order valence-electron chi connectivity index (χ2n) is 4.82. The molecule has 2 rings (SSSR count). The standard InChI is InChI=1S/C13H18N4O2/c1-3-8(2)11-12(18)16-10-6-15-5-4-9(10)7-17(11)13(14)19/h4-6,8,11H,3,7H2,1-2H3,(H2,14,19)(H,16,18)/t8-,11?/m0/s1. The molecule has 1 aromatic heterocycles. The molecule has 0 saturated heterocycles. The Labute approximate surface area is 112 Å². The lowest BCUT2D eigenvalue weighted by atomic mass is 9.97. The summed E-state index contributed by atoms with van der Waals surface area (Å²) in [4.78, 5) is 29.4. The molecule has 1 aliphatic rings. The molecule has 3 amide bonds. The number of amides is 3. The van der Waals surface area contributed by atoms with E-state index in [1.54, 1.807) is 18.5 Å². The lowest BCUT2D eigenvalue weighted by molar-refractivity contribution is -0.121. The maximum Gasteiger partial charge on any atom is 0.315 e. The zero-order chi connectivity index (χ0) is 14.0. The Balaban J connectivity index is 2.42. The SMILES string of the molecule is CC[C@H](C)C1C(=O)Nc2cnccc2CN1C(N)=O. The quantitative estimate of drug-likeness (QED) is 0.842. The van der Waals surface area contributed by atoms with Crippen LogP contribution in [0, 0.1) is 5.92 Å². The van der Waals surface area contributed by atoms with Crippen LogP contribution in [0.2, 0.25) is 0 Å². The summed E-state index contributed by atoms with van der Waals surface area (Å²) in [5, 5.41) is 2.82. The summed E-state index contributed by atoms with van der Waals surface area (Å²) in [6.45, 7) is 4.24. The van der Waals surface area contributed by atoms with Gasteiger partial charge in [-0.15, -0.1) is 0 Å². The highest BCUT2D eigenvalue weighted by atomic mass is 16.2. The highest BCUT2D eigenvalue weighted by molar-refractivity contribution is 5.98. The summed E-state index contributed by atoms with van der Waals surface area (Å²) in [5.41, 5.74) is 6.91. The molecule has 2 atom stereocenters. The molecule has 0 fully saturated rings. The van der Waals surface area contributed by atoms with E-state index in [1.807, 2.05) is 13.8 Å². The minimum absolute atomic E-state index is 0.0368. The van der Waals surface area contributed by atoms with Gasteiger partial charge in [0.2, 0.25) is 5.91 Å². The largest absolute Gasteiger partial charge is 0.351 e. The van der Waals surface area contributed by atoms with Crippen molar-refractivity contribution in [3.63, 3.8) is 0 Å². The third-order valence-corrected chi connectivity index (χ3v) is 3.58. The van der Waals surface area contributed by atoms with Gasteiger partial charge in [-0.05, 0) is 17.5 Å².